The Bertz CT molecular complexity index is 1100. The van der Waals surface area contributed by atoms with Crippen molar-refractivity contribution in [3.05, 3.63) is 63.0 Å². The molecule has 1 atom stereocenters. The van der Waals surface area contributed by atoms with E-state index >= 15 is 0 Å². The van der Waals surface area contributed by atoms with Gasteiger partial charge < -0.3 is 14.6 Å². The van der Waals surface area contributed by atoms with Crippen LogP contribution in [-0.2, 0) is 4.79 Å². The molecule has 142 valence electrons. The van der Waals surface area contributed by atoms with Crippen LogP contribution in [0.4, 0.5) is 0 Å². The maximum atomic E-state index is 12.4. The topological polar surface area (TPSA) is 80.2 Å². The Morgan fingerprint density at radius 1 is 1.11 bits per heavy atom. The van der Waals surface area contributed by atoms with E-state index in [1.807, 2.05) is 36.4 Å². The molecule has 1 unspecified atom stereocenters. The number of phenols is 1. The van der Waals surface area contributed by atoms with Crippen LogP contribution in [0.25, 0.3) is 10.8 Å². The molecule has 3 aromatic rings. The van der Waals surface area contributed by atoms with Gasteiger partial charge >= 0.3 is 0 Å². The zero-order chi connectivity index (χ0) is 19.7. The monoisotopic (exact) mass is 504 g/mol. The smallest absolute Gasteiger partial charge is 0.284 e. The zero-order valence-electron chi connectivity index (χ0n) is 14.4. The summed E-state index contributed by atoms with van der Waals surface area (Å²) in [6.07, 6.45) is 0.617. The number of carbonyl (C=O) groups is 1. The number of fused-ring (bicyclic) bond motifs is 2. The second-order valence-corrected chi connectivity index (χ2v) is 7.83. The van der Waals surface area contributed by atoms with Gasteiger partial charge in [-0.3, -0.25) is 4.79 Å². The quantitative estimate of drug-likeness (QED) is 0.409. The van der Waals surface area contributed by atoms with Crippen molar-refractivity contribution in [3.63, 3.8) is 0 Å². The van der Waals surface area contributed by atoms with Crippen LogP contribution in [0.5, 0.6) is 17.2 Å². The van der Waals surface area contributed by atoms with Crippen molar-refractivity contribution in [2.75, 3.05) is 6.61 Å². The third kappa shape index (κ3) is 3.83. The average molecular weight is 506 g/mol. The number of hydrogen-bond acceptors (Lipinski definition) is 5. The van der Waals surface area contributed by atoms with E-state index in [-0.39, 0.29) is 12.4 Å². The van der Waals surface area contributed by atoms with Gasteiger partial charge in [0.2, 0.25) is 6.10 Å². The summed E-state index contributed by atoms with van der Waals surface area (Å²) in [4.78, 5) is 12.4. The van der Waals surface area contributed by atoms with Crippen LogP contribution >= 0.6 is 31.9 Å². The van der Waals surface area contributed by atoms with Gasteiger partial charge in [0.25, 0.3) is 5.91 Å². The summed E-state index contributed by atoms with van der Waals surface area (Å²) in [5.74, 6) is 0.784. The number of phenolic OH excluding ortho intramolecular Hbond substituents is 1. The molecular formula is C20H14Br2N2O4. The maximum Gasteiger partial charge on any atom is 0.284 e. The molecular weight excluding hydrogens is 492 g/mol. The minimum atomic E-state index is -0.812. The van der Waals surface area contributed by atoms with E-state index in [2.05, 4.69) is 42.4 Å². The van der Waals surface area contributed by atoms with Crippen LogP contribution in [0, 0.1) is 0 Å². The first-order chi connectivity index (χ1) is 13.5. The number of amides is 1. The Labute approximate surface area is 177 Å². The summed E-state index contributed by atoms with van der Waals surface area (Å²) < 4.78 is 12.8. The highest BCUT2D eigenvalue weighted by Gasteiger charge is 2.27. The lowest BCUT2D eigenvalue weighted by atomic mass is 10.1. The van der Waals surface area contributed by atoms with E-state index < -0.39 is 12.0 Å². The van der Waals surface area contributed by atoms with Crippen molar-refractivity contribution in [1.29, 1.82) is 0 Å². The lowest BCUT2D eigenvalue weighted by Gasteiger charge is -2.25. The SMILES string of the molecule is O=C(N/N=C\c1cc(O)c(Br)cc1Br)C1COc2cc3ccccc3cc2O1. The number of halogens is 2. The second-order valence-electron chi connectivity index (χ2n) is 6.12. The molecule has 0 aromatic heterocycles. The van der Waals surface area contributed by atoms with E-state index in [4.69, 9.17) is 9.47 Å². The number of hydrogen-bond donors (Lipinski definition) is 2. The summed E-state index contributed by atoms with van der Waals surface area (Å²) in [7, 11) is 0. The van der Waals surface area contributed by atoms with Crippen molar-refractivity contribution < 1.29 is 19.4 Å². The van der Waals surface area contributed by atoms with Gasteiger partial charge in [-0.05, 0) is 51.0 Å². The molecule has 1 heterocycles. The Morgan fingerprint density at radius 2 is 1.82 bits per heavy atom. The minimum absolute atomic E-state index is 0.0730. The van der Waals surface area contributed by atoms with E-state index in [1.54, 1.807) is 6.07 Å². The zero-order valence-corrected chi connectivity index (χ0v) is 17.5. The van der Waals surface area contributed by atoms with Gasteiger partial charge in [0.1, 0.15) is 12.4 Å². The molecule has 8 heteroatoms. The van der Waals surface area contributed by atoms with Gasteiger partial charge in [0.05, 0.1) is 10.7 Å². The Morgan fingerprint density at radius 3 is 2.57 bits per heavy atom. The minimum Gasteiger partial charge on any atom is -0.507 e. The Kier molecular flexibility index (Phi) is 5.23. The molecule has 4 rings (SSSR count). The lowest BCUT2D eigenvalue weighted by molar-refractivity contribution is -0.130. The number of hydrazone groups is 1. The van der Waals surface area contributed by atoms with Crippen LogP contribution in [0.15, 0.2) is 62.6 Å². The number of nitrogens with one attached hydrogen (secondary N) is 1. The predicted molar refractivity (Wildman–Crippen MR) is 113 cm³/mol. The molecule has 1 amide bonds. The average Bonchev–Trinajstić information content (AvgIpc) is 2.69. The number of nitrogens with zero attached hydrogens (tertiary/aromatic N) is 1. The molecule has 2 N–H and O–H groups in total. The molecule has 0 spiro atoms. The van der Waals surface area contributed by atoms with Gasteiger partial charge in [-0.25, -0.2) is 5.43 Å². The highest BCUT2D eigenvalue weighted by Crippen LogP contribution is 2.36. The van der Waals surface area contributed by atoms with Gasteiger partial charge in [-0.2, -0.15) is 5.10 Å². The highest BCUT2D eigenvalue weighted by atomic mass is 79.9. The summed E-state index contributed by atoms with van der Waals surface area (Å²) in [6, 6.07) is 14.8. The van der Waals surface area contributed by atoms with Crippen molar-refractivity contribution in [2.45, 2.75) is 6.10 Å². The van der Waals surface area contributed by atoms with Gasteiger partial charge in [0, 0.05) is 10.0 Å². The number of aromatic hydroxyl groups is 1. The van der Waals surface area contributed by atoms with Crippen molar-refractivity contribution in [3.8, 4) is 17.2 Å². The van der Waals surface area contributed by atoms with Crippen LogP contribution in [0.2, 0.25) is 0 Å². The second kappa shape index (κ2) is 7.81. The lowest BCUT2D eigenvalue weighted by Crippen LogP contribution is -2.42. The molecule has 6 nitrogen and oxygen atoms in total. The molecule has 28 heavy (non-hydrogen) atoms. The maximum absolute atomic E-state index is 12.4. The molecule has 1 aliphatic heterocycles. The van der Waals surface area contributed by atoms with E-state index in [0.29, 0.717) is 26.0 Å². The van der Waals surface area contributed by atoms with E-state index in [1.165, 1.54) is 12.3 Å². The van der Waals surface area contributed by atoms with Crippen LogP contribution in [0.3, 0.4) is 0 Å². The predicted octanol–water partition coefficient (Wildman–Crippen LogP) is 4.36. The van der Waals surface area contributed by atoms with Gasteiger partial charge in [0.15, 0.2) is 11.5 Å². The molecule has 1 aliphatic rings. The molecule has 0 bridgehead atoms. The number of carbonyl (C=O) groups excluding carboxylic acids is 1. The third-order valence-electron chi connectivity index (χ3n) is 4.21. The number of benzene rings is 3. The summed E-state index contributed by atoms with van der Waals surface area (Å²) in [5, 5.41) is 15.7. The third-order valence-corrected chi connectivity index (χ3v) is 5.53. The highest BCUT2D eigenvalue weighted by molar-refractivity contribution is 9.11. The van der Waals surface area contributed by atoms with E-state index in [0.717, 1.165) is 10.8 Å². The largest absolute Gasteiger partial charge is 0.507 e. The fourth-order valence-corrected chi connectivity index (χ4v) is 3.87. The van der Waals surface area contributed by atoms with Crippen LogP contribution < -0.4 is 14.9 Å². The van der Waals surface area contributed by atoms with E-state index in [9.17, 15) is 9.90 Å². The normalized spacial score (nSPS) is 15.7. The van der Waals surface area contributed by atoms with Crippen molar-refractivity contribution in [2.24, 2.45) is 5.10 Å². The number of rotatable bonds is 3. The summed E-state index contributed by atoms with van der Waals surface area (Å²) >= 11 is 6.60. The first-order valence-electron chi connectivity index (χ1n) is 8.34. The molecule has 0 aliphatic carbocycles. The summed E-state index contributed by atoms with van der Waals surface area (Å²) in [5.41, 5.74) is 3.05. The van der Waals surface area contributed by atoms with Crippen LogP contribution in [0.1, 0.15) is 5.56 Å². The fourth-order valence-electron chi connectivity index (χ4n) is 2.78. The first-order valence-corrected chi connectivity index (χ1v) is 9.93. The standard InChI is InChI=1S/C20H14Br2N2O4/c21-14-8-15(22)16(25)5-13(14)9-23-24-20(26)19-10-27-17-6-11-3-1-2-4-12(11)7-18(17)28-19/h1-9,19,25H,10H2,(H,24,26)/b23-9-. The Balaban J connectivity index is 1.45. The Hall–Kier alpha value is -2.58. The van der Waals surface area contributed by atoms with Gasteiger partial charge in [-0.15, -0.1) is 0 Å². The summed E-state index contributed by atoms with van der Waals surface area (Å²) in [6.45, 7) is 0.0927. The molecule has 0 saturated heterocycles. The fraction of sp³-hybridized carbons (Fsp3) is 0.100. The van der Waals surface area contributed by atoms with Crippen molar-refractivity contribution >= 4 is 54.8 Å². The van der Waals surface area contributed by atoms with Crippen molar-refractivity contribution in [1.82, 2.24) is 5.43 Å². The van der Waals surface area contributed by atoms with Gasteiger partial charge in [-0.1, -0.05) is 40.2 Å². The number of ether oxygens (including phenoxy) is 2. The molecule has 0 saturated carbocycles. The first kappa shape index (κ1) is 18.8. The molecule has 0 radical (unpaired) electrons. The molecule has 3 aromatic carbocycles. The van der Waals surface area contributed by atoms with Crippen LogP contribution in [-0.4, -0.2) is 29.9 Å². The molecule has 0 fully saturated rings.